The van der Waals surface area contributed by atoms with Gasteiger partial charge in [-0.05, 0) is 32.0 Å². The number of amides is 2. The van der Waals surface area contributed by atoms with Crippen LogP contribution in [0, 0.1) is 0 Å². The fourth-order valence-corrected chi connectivity index (χ4v) is 2.30. The van der Waals surface area contributed by atoms with Crippen LogP contribution in [0.4, 0.5) is 10.5 Å². The maximum atomic E-state index is 12.3. The third-order valence-electron chi connectivity index (χ3n) is 3.49. The molecule has 1 aliphatic rings. The van der Waals surface area contributed by atoms with Gasteiger partial charge in [-0.25, -0.2) is 4.79 Å². The molecule has 6 heteroatoms. The third-order valence-corrected chi connectivity index (χ3v) is 3.73. The molecule has 1 aliphatic heterocycles. The van der Waals surface area contributed by atoms with Crippen LogP contribution in [0.2, 0.25) is 5.02 Å². The smallest absolute Gasteiger partial charge is 0.319 e. The second-order valence-corrected chi connectivity index (χ2v) is 5.31. The molecule has 0 radical (unpaired) electrons. The summed E-state index contributed by atoms with van der Waals surface area (Å²) >= 11 is 5.93. The van der Waals surface area contributed by atoms with E-state index in [2.05, 4.69) is 5.48 Å². The van der Waals surface area contributed by atoms with Gasteiger partial charge in [0.15, 0.2) is 0 Å². The first-order valence-corrected chi connectivity index (χ1v) is 5.99. The average Bonchev–Trinajstić information content (AvgIpc) is 2.49. The van der Waals surface area contributed by atoms with Gasteiger partial charge in [-0.2, -0.15) is 5.48 Å². The van der Waals surface area contributed by atoms with Gasteiger partial charge in [-0.15, -0.1) is 0 Å². The summed E-state index contributed by atoms with van der Waals surface area (Å²) < 4.78 is 0. The van der Waals surface area contributed by atoms with Crippen LogP contribution in [0.1, 0.15) is 13.8 Å². The summed E-state index contributed by atoms with van der Waals surface area (Å²) in [6.45, 7) is 3.76. The molecule has 2 rings (SSSR count). The molecule has 0 aliphatic carbocycles. The summed E-state index contributed by atoms with van der Waals surface area (Å²) in [6, 6.07) is 6.79. The maximum absolute atomic E-state index is 12.3. The highest BCUT2D eigenvalue weighted by molar-refractivity contribution is 6.30. The largest absolute Gasteiger partial charge is 0.326 e. The minimum Gasteiger partial charge on any atom is -0.319 e. The van der Waals surface area contributed by atoms with E-state index < -0.39 is 11.7 Å². The van der Waals surface area contributed by atoms with Gasteiger partial charge in [-0.1, -0.05) is 17.7 Å². The number of hydrogen-bond donors (Lipinski definition) is 2. The normalized spacial score (nSPS) is 22.7. The molecular weight excluding hydrogens is 254 g/mol. The summed E-state index contributed by atoms with van der Waals surface area (Å²) in [6.07, 6.45) is -0.534. The van der Waals surface area contributed by atoms with E-state index in [1.807, 2.05) is 13.8 Å². The molecule has 18 heavy (non-hydrogen) atoms. The number of likely N-dealkylation sites (N-methyl/N-ethyl adjacent to an activating group) is 1. The molecule has 5 nitrogen and oxygen atoms in total. The van der Waals surface area contributed by atoms with Crippen LogP contribution in [0.3, 0.4) is 0 Å². The first-order valence-electron chi connectivity index (χ1n) is 5.62. The van der Waals surface area contributed by atoms with Crippen molar-refractivity contribution in [3.8, 4) is 0 Å². The zero-order valence-corrected chi connectivity index (χ0v) is 11.3. The summed E-state index contributed by atoms with van der Waals surface area (Å²) in [5.74, 6) is 0. The SMILES string of the molecule is CN1C(=O)N(c2cccc(Cl)c2)C(NO)C1(C)C. The Hall–Kier alpha value is -1.30. The number of benzene rings is 1. The second kappa shape index (κ2) is 4.42. The van der Waals surface area contributed by atoms with Crippen LogP contribution >= 0.6 is 11.6 Å². The lowest BCUT2D eigenvalue weighted by Crippen LogP contribution is -2.53. The van der Waals surface area contributed by atoms with Crippen LogP contribution in [0.25, 0.3) is 0 Å². The van der Waals surface area contributed by atoms with E-state index in [9.17, 15) is 10.0 Å². The Morgan fingerprint density at radius 1 is 1.44 bits per heavy atom. The molecule has 0 aromatic heterocycles. The van der Waals surface area contributed by atoms with Crippen molar-refractivity contribution in [2.24, 2.45) is 0 Å². The lowest BCUT2D eigenvalue weighted by atomic mass is 10.0. The summed E-state index contributed by atoms with van der Waals surface area (Å²) in [7, 11) is 1.71. The zero-order chi connectivity index (χ0) is 13.5. The number of carbonyl (C=O) groups is 1. The van der Waals surface area contributed by atoms with Crippen molar-refractivity contribution in [2.45, 2.75) is 25.6 Å². The van der Waals surface area contributed by atoms with E-state index in [0.717, 1.165) is 0 Å². The Morgan fingerprint density at radius 3 is 2.67 bits per heavy atom. The predicted octanol–water partition coefficient (Wildman–Crippen LogP) is 2.30. The molecule has 1 saturated heterocycles. The lowest BCUT2D eigenvalue weighted by molar-refractivity contribution is 0.0769. The topological polar surface area (TPSA) is 55.8 Å². The van der Waals surface area contributed by atoms with Crippen molar-refractivity contribution in [3.63, 3.8) is 0 Å². The number of carbonyl (C=O) groups excluding carboxylic acids is 1. The van der Waals surface area contributed by atoms with Gasteiger partial charge in [0.25, 0.3) is 0 Å². The van der Waals surface area contributed by atoms with E-state index in [-0.39, 0.29) is 6.03 Å². The summed E-state index contributed by atoms with van der Waals surface area (Å²) in [5, 5.41) is 9.88. The Kier molecular flexibility index (Phi) is 3.23. The molecule has 1 atom stereocenters. The standard InChI is InChI=1S/C12H16ClN3O2/c1-12(2)10(14-18)16(11(17)15(12)3)9-6-4-5-8(13)7-9/h4-7,10,14,18H,1-3H3. The molecule has 1 unspecified atom stereocenters. The number of rotatable bonds is 2. The van der Waals surface area contributed by atoms with Crippen LogP contribution < -0.4 is 10.4 Å². The average molecular weight is 270 g/mol. The lowest BCUT2D eigenvalue weighted by Gasteiger charge is -2.32. The molecule has 2 amide bonds. The van der Waals surface area contributed by atoms with Crippen LogP contribution in [0.5, 0.6) is 0 Å². The number of anilines is 1. The number of hydrogen-bond acceptors (Lipinski definition) is 3. The van der Waals surface area contributed by atoms with E-state index in [1.165, 1.54) is 4.90 Å². The monoisotopic (exact) mass is 269 g/mol. The highest BCUT2D eigenvalue weighted by atomic mass is 35.5. The Labute approximate surface area is 111 Å². The Morgan fingerprint density at radius 2 is 2.11 bits per heavy atom. The highest BCUT2D eigenvalue weighted by Crippen LogP contribution is 2.34. The van der Waals surface area contributed by atoms with Crippen molar-refractivity contribution >= 4 is 23.3 Å². The van der Waals surface area contributed by atoms with Crippen LogP contribution in [-0.4, -0.2) is 34.9 Å². The third kappa shape index (κ3) is 1.84. The maximum Gasteiger partial charge on any atom is 0.326 e. The second-order valence-electron chi connectivity index (χ2n) is 4.88. The Balaban J connectivity index is 2.46. The van der Waals surface area contributed by atoms with Gasteiger partial charge in [0.2, 0.25) is 0 Å². The number of nitrogens with zero attached hydrogens (tertiary/aromatic N) is 2. The van der Waals surface area contributed by atoms with Crippen molar-refractivity contribution in [3.05, 3.63) is 29.3 Å². The Bertz CT molecular complexity index is 478. The highest BCUT2D eigenvalue weighted by Gasteiger charge is 2.50. The van der Waals surface area contributed by atoms with Crippen LogP contribution in [0.15, 0.2) is 24.3 Å². The van der Waals surface area contributed by atoms with Crippen molar-refractivity contribution in [1.29, 1.82) is 0 Å². The molecule has 1 fully saturated rings. The van der Waals surface area contributed by atoms with E-state index in [0.29, 0.717) is 10.7 Å². The van der Waals surface area contributed by atoms with Crippen molar-refractivity contribution in [1.82, 2.24) is 10.4 Å². The van der Waals surface area contributed by atoms with Gasteiger partial charge in [-0.3, -0.25) is 4.90 Å². The molecule has 0 bridgehead atoms. The van der Waals surface area contributed by atoms with Gasteiger partial charge in [0.05, 0.1) is 5.54 Å². The number of hydroxylamine groups is 1. The van der Waals surface area contributed by atoms with Gasteiger partial charge >= 0.3 is 6.03 Å². The van der Waals surface area contributed by atoms with Gasteiger partial charge in [0, 0.05) is 17.8 Å². The first-order chi connectivity index (χ1) is 8.39. The molecule has 1 aromatic carbocycles. The quantitative estimate of drug-likeness (QED) is 0.810. The molecule has 2 N–H and O–H groups in total. The molecule has 0 spiro atoms. The molecular formula is C12H16ClN3O2. The minimum absolute atomic E-state index is 0.186. The van der Waals surface area contributed by atoms with Crippen molar-refractivity contribution in [2.75, 3.05) is 11.9 Å². The van der Waals surface area contributed by atoms with Crippen LogP contribution in [-0.2, 0) is 0 Å². The first kappa shape index (κ1) is 13.1. The van der Waals surface area contributed by atoms with E-state index in [4.69, 9.17) is 11.6 Å². The van der Waals surface area contributed by atoms with E-state index >= 15 is 0 Å². The molecule has 98 valence electrons. The number of urea groups is 1. The minimum atomic E-state index is -0.534. The molecule has 0 saturated carbocycles. The summed E-state index contributed by atoms with van der Waals surface area (Å²) in [4.78, 5) is 15.3. The van der Waals surface area contributed by atoms with Gasteiger partial charge < -0.3 is 10.1 Å². The van der Waals surface area contributed by atoms with Crippen molar-refractivity contribution < 1.29 is 10.0 Å². The van der Waals surface area contributed by atoms with E-state index in [1.54, 1.807) is 36.2 Å². The zero-order valence-electron chi connectivity index (χ0n) is 10.5. The number of nitrogens with one attached hydrogen (secondary N) is 1. The fourth-order valence-electron chi connectivity index (χ4n) is 2.12. The molecule has 1 heterocycles. The summed E-state index contributed by atoms with van der Waals surface area (Å²) in [5.41, 5.74) is 2.32. The predicted molar refractivity (Wildman–Crippen MR) is 69.9 cm³/mol. The molecule has 1 aromatic rings. The fraction of sp³-hybridized carbons (Fsp3) is 0.417. The number of halogens is 1. The van der Waals surface area contributed by atoms with Gasteiger partial charge in [0.1, 0.15) is 6.17 Å².